The molecule has 1 aliphatic heterocycles. The van der Waals surface area contributed by atoms with Crippen LogP contribution >= 0.6 is 11.8 Å². The van der Waals surface area contributed by atoms with Crippen LogP contribution in [0.2, 0.25) is 0 Å². The molecule has 1 aliphatic carbocycles. The number of hydrogen-bond donors (Lipinski definition) is 1. The van der Waals surface area contributed by atoms with E-state index < -0.39 is 11.4 Å². The lowest BCUT2D eigenvalue weighted by Crippen LogP contribution is -2.50. The number of rotatable bonds is 6. The number of piperidine rings is 1. The minimum Gasteiger partial charge on any atom is -0.481 e. The van der Waals surface area contributed by atoms with Gasteiger partial charge in [-0.1, -0.05) is 12.8 Å². The van der Waals surface area contributed by atoms with Gasteiger partial charge in [-0.2, -0.15) is 11.8 Å². The summed E-state index contributed by atoms with van der Waals surface area (Å²) in [7, 11) is 0. The number of carbonyl (C=O) groups is 2. The maximum atomic E-state index is 12.7. The zero-order chi connectivity index (χ0) is 16.4. The number of nitrogens with zero attached hydrogens (tertiary/aromatic N) is 1. The smallest absolute Gasteiger partial charge is 0.311 e. The number of furan rings is 1. The molecule has 3 rings (SSSR count). The summed E-state index contributed by atoms with van der Waals surface area (Å²) in [6.07, 6.45) is 6.33. The minimum atomic E-state index is -0.774. The maximum absolute atomic E-state index is 12.7. The quantitative estimate of drug-likeness (QED) is 0.863. The number of likely N-dealkylation sites (tertiary alicyclic amines) is 1. The molecule has 1 saturated carbocycles. The number of hydrogen-bond acceptors (Lipinski definition) is 4. The highest BCUT2D eigenvalue weighted by Gasteiger charge is 2.47. The predicted octanol–water partition coefficient (Wildman–Crippen LogP) is 3.25. The highest BCUT2D eigenvalue weighted by molar-refractivity contribution is 7.97. The third-order valence-electron chi connectivity index (χ3n) is 4.85. The van der Waals surface area contributed by atoms with Gasteiger partial charge in [0, 0.05) is 13.1 Å². The van der Waals surface area contributed by atoms with E-state index in [1.54, 1.807) is 22.7 Å². The van der Waals surface area contributed by atoms with Gasteiger partial charge in [-0.05, 0) is 43.6 Å². The lowest BCUT2D eigenvalue weighted by Gasteiger charge is -2.39. The first kappa shape index (κ1) is 16.4. The van der Waals surface area contributed by atoms with Gasteiger partial charge in [0.2, 0.25) is 0 Å². The molecule has 2 aliphatic rings. The molecule has 2 fully saturated rings. The average Bonchev–Trinajstić information content (AvgIpc) is 3.22. The molecule has 1 N–H and O–H groups in total. The molecule has 6 heteroatoms. The average molecular weight is 337 g/mol. The Bertz CT molecular complexity index is 595. The fourth-order valence-corrected chi connectivity index (χ4v) is 3.92. The van der Waals surface area contributed by atoms with E-state index in [9.17, 15) is 14.7 Å². The molecule has 2 heterocycles. The SMILES string of the molecule is CSCc1ccc(C(=O)N2CCC[C@](CC3CC3)(C(=O)O)C2)o1. The first-order valence-corrected chi connectivity index (χ1v) is 9.54. The van der Waals surface area contributed by atoms with Gasteiger partial charge in [0.05, 0.1) is 11.2 Å². The molecule has 0 unspecified atom stereocenters. The molecular formula is C17H23NO4S. The second kappa shape index (κ2) is 6.59. The Morgan fingerprint density at radius 2 is 2.22 bits per heavy atom. The molecule has 0 spiro atoms. The molecule has 1 amide bonds. The summed E-state index contributed by atoms with van der Waals surface area (Å²) < 4.78 is 5.60. The fraction of sp³-hybridized carbons (Fsp3) is 0.647. The first-order chi connectivity index (χ1) is 11.0. The van der Waals surface area contributed by atoms with E-state index in [2.05, 4.69) is 0 Å². The van der Waals surface area contributed by atoms with Crippen LogP contribution in [0.1, 0.15) is 48.4 Å². The van der Waals surface area contributed by atoms with Crippen molar-refractivity contribution in [3.8, 4) is 0 Å². The lowest BCUT2D eigenvalue weighted by atomic mass is 9.75. The molecule has 1 atom stereocenters. The molecule has 1 aromatic rings. The third-order valence-corrected chi connectivity index (χ3v) is 5.43. The summed E-state index contributed by atoms with van der Waals surface area (Å²) in [4.78, 5) is 26.2. The number of aliphatic carboxylic acids is 1. The van der Waals surface area contributed by atoms with E-state index in [-0.39, 0.29) is 5.91 Å². The van der Waals surface area contributed by atoms with Gasteiger partial charge < -0.3 is 14.4 Å². The van der Waals surface area contributed by atoms with Crippen LogP contribution in [0, 0.1) is 11.3 Å². The van der Waals surface area contributed by atoms with Crippen LogP contribution in [0.3, 0.4) is 0 Å². The van der Waals surface area contributed by atoms with Gasteiger partial charge in [-0.25, -0.2) is 0 Å². The Hall–Kier alpha value is -1.43. The van der Waals surface area contributed by atoms with E-state index in [0.29, 0.717) is 37.6 Å². The Balaban J connectivity index is 1.73. The largest absolute Gasteiger partial charge is 0.481 e. The summed E-state index contributed by atoms with van der Waals surface area (Å²) in [5.74, 6) is 1.41. The zero-order valence-corrected chi connectivity index (χ0v) is 14.2. The van der Waals surface area contributed by atoms with E-state index >= 15 is 0 Å². The van der Waals surface area contributed by atoms with E-state index in [1.165, 1.54) is 0 Å². The summed E-state index contributed by atoms with van der Waals surface area (Å²) in [6.45, 7) is 0.910. The van der Waals surface area contributed by atoms with Crippen LogP contribution in [-0.4, -0.2) is 41.2 Å². The van der Waals surface area contributed by atoms with Crippen molar-refractivity contribution in [1.29, 1.82) is 0 Å². The van der Waals surface area contributed by atoms with Crippen molar-refractivity contribution >= 4 is 23.6 Å². The van der Waals surface area contributed by atoms with Crippen molar-refractivity contribution in [2.45, 2.75) is 37.9 Å². The second-order valence-electron chi connectivity index (χ2n) is 6.76. The number of amides is 1. The molecule has 0 aromatic carbocycles. The number of carbonyl (C=O) groups excluding carboxylic acids is 1. The second-order valence-corrected chi connectivity index (χ2v) is 7.63. The molecule has 1 aromatic heterocycles. The standard InChI is InChI=1S/C17H23NO4S/c1-23-10-13-5-6-14(22-13)15(19)18-8-2-7-17(11-18,16(20)21)9-12-3-4-12/h5-6,12H,2-4,7-11H2,1H3,(H,20,21)/t17-/m1/s1. The molecule has 0 radical (unpaired) electrons. The fourth-order valence-electron chi connectivity index (χ4n) is 3.48. The molecule has 5 nitrogen and oxygen atoms in total. The molecule has 1 saturated heterocycles. The minimum absolute atomic E-state index is 0.182. The lowest BCUT2D eigenvalue weighted by molar-refractivity contribution is -0.152. The van der Waals surface area contributed by atoms with Gasteiger partial charge in [0.1, 0.15) is 5.76 Å². The Morgan fingerprint density at radius 1 is 1.43 bits per heavy atom. The summed E-state index contributed by atoms with van der Waals surface area (Å²) in [6, 6.07) is 3.52. The van der Waals surface area contributed by atoms with Crippen molar-refractivity contribution in [3.63, 3.8) is 0 Å². The monoisotopic (exact) mass is 337 g/mol. The van der Waals surface area contributed by atoms with E-state index in [4.69, 9.17) is 4.42 Å². The first-order valence-electron chi connectivity index (χ1n) is 8.14. The van der Waals surface area contributed by atoms with Crippen molar-refractivity contribution in [3.05, 3.63) is 23.7 Å². The molecule has 126 valence electrons. The predicted molar refractivity (Wildman–Crippen MR) is 88.5 cm³/mol. The van der Waals surface area contributed by atoms with Gasteiger partial charge in [0.25, 0.3) is 5.91 Å². The topological polar surface area (TPSA) is 70.8 Å². The summed E-state index contributed by atoms with van der Waals surface area (Å²) >= 11 is 1.64. The third kappa shape index (κ3) is 3.57. The summed E-state index contributed by atoms with van der Waals surface area (Å²) in [5, 5.41) is 9.75. The van der Waals surface area contributed by atoms with Crippen molar-refractivity contribution in [2.75, 3.05) is 19.3 Å². The Kier molecular flexibility index (Phi) is 4.71. The van der Waals surface area contributed by atoms with Gasteiger partial charge in [-0.3, -0.25) is 9.59 Å². The van der Waals surface area contributed by atoms with E-state index in [1.807, 2.05) is 12.3 Å². The van der Waals surface area contributed by atoms with Gasteiger partial charge >= 0.3 is 5.97 Å². The zero-order valence-electron chi connectivity index (χ0n) is 13.4. The maximum Gasteiger partial charge on any atom is 0.311 e. The molecule has 23 heavy (non-hydrogen) atoms. The Morgan fingerprint density at radius 3 is 2.87 bits per heavy atom. The van der Waals surface area contributed by atoms with Crippen LogP contribution in [0.15, 0.2) is 16.5 Å². The van der Waals surface area contributed by atoms with Crippen LogP contribution < -0.4 is 0 Å². The van der Waals surface area contributed by atoms with Crippen LogP contribution in [0.5, 0.6) is 0 Å². The number of carboxylic acid groups (broad SMARTS) is 1. The highest BCUT2D eigenvalue weighted by Crippen LogP contribution is 2.45. The Labute approximate surface area is 140 Å². The number of carboxylic acids is 1. The normalized spacial score (nSPS) is 24.7. The van der Waals surface area contributed by atoms with Gasteiger partial charge in [0.15, 0.2) is 5.76 Å². The molecular weight excluding hydrogens is 314 g/mol. The highest BCUT2D eigenvalue weighted by atomic mass is 32.2. The summed E-state index contributed by atoms with van der Waals surface area (Å²) in [5.41, 5.74) is -0.774. The van der Waals surface area contributed by atoms with E-state index in [0.717, 1.165) is 30.8 Å². The van der Waals surface area contributed by atoms with Crippen LogP contribution in [-0.2, 0) is 10.5 Å². The van der Waals surface area contributed by atoms with Crippen molar-refractivity contribution < 1.29 is 19.1 Å². The van der Waals surface area contributed by atoms with Crippen LogP contribution in [0.4, 0.5) is 0 Å². The molecule has 0 bridgehead atoms. The van der Waals surface area contributed by atoms with Crippen molar-refractivity contribution in [2.24, 2.45) is 11.3 Å². The number of thioether (sulfide) groups is 1. The van der Waals surface area contributed by atoms with Crippen LogP contribution in [0.25, 0.3) is 0 Å². The van der Waals surface area contributed by atoms with Gasteiger partial charge in [-0.15, -0.1) is 0 Å². The van der Waals surface area contributed by atoms with Crippen molar-refractivity contribution in [1.82, 2.24) is 4.90 Å².